The smallest absolute Gasteiger partial charge is 0.307 e. The first-order valence-electron chi connectivity index (χ1n) is 11.6. The number of furan rings is 1. The molecule has 0 aliphatic rings. The number of hydrogen-bond donors (Lipinski definition) is 1. The van der Waals surface area contributed by atoms with E-state index in [9.17, 15) is 4.79 Å². The number of rotatable bonds is 8. The van der Waals surface area contributed by atoms with Crippen molar-refractivity contribution in [1.82, 2.24) is 5.43 Å². The van der Waals surface area contributed by atoms with Crippen molar-refractivity contribution in [2.45, 2.75) is 13.5 Å². The summed E-state index contributed by atoms with van der Waals surface area (Å²) in [6, 6.07) is 24.9. The fourth-order valence-electron chi connectivity index (χ4n) is 3.97. The van der Waals surface area contributed by atoms with Gasteiger partial charge in [0.05, 0.1) is 22.3 Å². The first-order chi connectivity index (χ1) is 18.0. The zero-order valence-corrected chi connectivity index (χ0v) is 22.2. The van der Waals surface area contributed by atoms with Gasteiger partial charge in [0.25, 0.3) is 0 Å². The molecule has 0 saturated carbocycles. The molecule has 4 aromatic carbocycles. The van der Waals surface area contributed by atoms with E-state index in [-0.39, 0.29) is 5.76 Å². The number of benzene rings is 4. The number of amides is 1. The predicted octanol–water partition coefficient (Wildman–Crippen LogP) is 7.74. The average Bonchev–Trinajstić information content (AvgIpc) is 3.32. The maximum atomic E-state index is 12.5. The Labute approximate surface area is 227 Å². The number of carbonyl (C=O) groups is 1. The largest absolute Gasteiger partial charge is 0.494 e. The second-order valence-corrected chi connectivity index (χ2v) is 9.44. The van der Waals surface area contributed by atoms with E-state index >= 15 is 0 Å². The van der Waals surface area contributed by atoms with Crippen molar-refractivity contribution in [3.8, 4) is 11.5 Å². The molecule has 0 aliphatic heterocycles. The minimum atomic E-state index is -0.467. The van der Waals surface area contributed by atoms with Crippen LogP contribution < -0.4 is 14.9 Å². The summed E-state index contributed by atoms with van der Waals surface area (Å²) in [5, 5.41) is 7.53. The van der Waals surface area contributed by atoms with Gasteiger partial charge < -0.3 is 13.9 Å². The number of nitrogens with one attached hydrogen (secondary N) is 1. The Bertz CT molecular complexity index is 1600. The lowest BCUT2D eigenvalue weighted by Gasteiger charge is -2.12. The van der Waals surface area contributed by atoms with Gasteiger partial charge in [0.15, 0.2) is 11.5 Å². The van der Waals surface area contributed by atoms with Crippen molar-refractivity contribution in [3.63, 3.8) is 0 Å². The molecule has 1 amide bonds. The van der Waals surface area contributed by atoms with Crippen LogP contribution in [0.5, 0.6) is 11.5 Å². The fraction of sp³-hybridized carbons (Fsp3) is 0.103. The summed E-state index contributed by atoms with van der Waals surface area (Å²) >= 11 is 10.0. The third kappa shape index (κ3) is 5.63. The molecular weight excluding hydrogens is 556 g/mol. The van der Waals surface area contributed by atoms with Crippen LogP contribution in [0.25, 0.3) is 21.7 Å². The van der Waals surface area contributed by atoms with Crippen LogP contribution in [0, 0.1) is 0 Å². The van der Waals surface area contributed by atoms with Crippen LogP contribution in [-0.4, -0.2) is 18.7 Å². The molecule has 0 bridgehead atoms. The second kappa shape index (κ2) is 11.1. The monoisotopic (exact) mass is 576 g/mol. The van der Waals surface area contributed by atoms with Crippen LogP contribution in [0.15, 0.2) is 92.9 Å². The molecule has 8 heteroatoms. The summed E-state index contributed by atoms with van der Waals surface area (Å²) in [6.45, 7) is 2.84. The zero-order valence-electron chi connectivity index (χ0n) is 19.8. The number of halogens is 2. The molecule has 186 valence electrons. The third-order valence-electron chi connectivity index (χ3n) is 5.67. The number of nitrogens with zero attached hydrogens (tertiary/aromatic N) is 1. The van der Waals surface area contributed by atoms with Crippen LogP contribution in [0.4, 0.5) is 0 Å². The van der Waals surface area contributed by atoms with E-state index < -0.39 is 5.91 Å². The Balaban J connectivity index is 1.25. The lowest BCUT2D eigenvalue weighted by molar-refractivity contribution is 0.0929. The van der Waals surface area contributed by atoms with Gasteiger partial charge in [0.1, 0.15) is 17.9 Å². The van der Waals surface area contributed by atoms with Gasteiger partial charge in [-0.05, 0) is 81.2 Å². The van der Waals surface area contributed by atoms with Crippen LogP contribution in [-0.2, 0) is 6.61 Å². The van der Waals surface area contributed by atoms with E-state index in [1.165, 1.54) is 6.21 Å². The number of hydrazone groups is 1. The number of carbonyl (C=O) groups excluding carboxylic acids is 1. The van der Waals surface area contributed by atoms with Crippen molar-refractivity contribution in [1.29, 1.82) is 0 Å². The Kier molecular flexibility index (Phi) is 7.44. The number of fused-ring (bicyclic) bond motifs is 2. The first-order valence-corrected chi connectivity index (χ1v) is 12.8. The molecule has 0 spiro atoms. The number of hydrogen-bond acceptors (Lipinski definition) is 5. The molecular formula is C29H22BrClN2O4. The van der Waals surface area contributed by atoms with E-state index in [1.54, 1.807) is 24.3 Å². The van der Waals surface area contributed by atoms with Gasteiger partial charge in [-0.2, -0.15) is 5.10 Å². The zero-order chi connectivity index (χ0) is 25.8. The highest BCUT2D eigenvalue weighted by atomic mass is 79.9. The summed E-state index contributed by atoms with van der Waals surface area (Å²) in [5.41, 5.74) is 4.82. The van der Waals surface area contributed by atoms with E-state index in [2.05, 4.69) is 44.7 Å². The highest BCUT2D eigenvalue weighted by molar-refractivity contribution is 9.10. The van der Waals surface area contributed by atoms with Crippen molar-refractivity contribution in [2.75, 3.05) is 6.61 Å². The highest BCUT2D eigenvalue weighted by Gasteiger charge is 2.13. The molecule has 0 unspecified atom stereocenters. The van der Waals surface area contributed by atoms with Crippen molar-refractivity contribution >= 4 is 61.4 Å². The molecule has 37 heavy (non-hydrogen) atoms. The van der Waals surface area contributed by atoms with Gasteiger partial charge in [0.2, 0.25) is 0 Å². The summed E-state index contributed by atoms with van der Waals surface area (Å²) in [4.78, 5) is 12.5. The maximum Gasteiger partial charge on any atom is 0.307 e. The Morgan fingerprint density at radius 3 is 2.70 bits per heavy atom. The maximum absolute atomic E-state index is 12.5. The van der Waals surface area contributed by atoms with Gasteiger partial charge in [-0.25, -0.2) is 5.43 Å². The van der Waals surface area contributed by atoms with Gasteiger partial charge >= 0.3 is 5.91 Å². The molecule has 5 aromatic rings. The Hall–Kier alpha value is -3.81. The average molecular weight is 578 g/mol. The molecule has 1 aromatic heterocycles. The van der Waals surface area contributed by atoms with E-state index in [1.807, 2.05) is 43.3 Å². The number of ether oxygens (including phenoxy) is 2. The van der Waals surface area contributed by atoms with E-state index in [0.29, 0.717) is 45.4 Å². The Morgan fingerprint density at radius 2 is 1.86 bits per heavy atom. The predicted molar refractivity (Wildman–Crippen MR) is 150 cm³/mol. The molecule has 0 radical (unpaired) electrons. The van der Waals surface area contributed by atoms with Crippen LogP contribution >= 0.6 is 27.5 Å². The minimum absolute atomic E-state index is 0.150. The molecule has 5 rings (SSSR count). The van der Waals surface area contributed by atoms with E-state index in [4.69, 9.17) is 25.5 Å². The quantitative estimate of drug-likeness (QED) is 0.151. The summed E-state index contributed by atoms with van der Waals surface area (Å²) in [7, 11) is 0. The van der Waals surface area contributed by atoms with Gasteiger partial charge in [-0.1, -0.05) is 54.1 Å². The SMILES string of the molecule is CCOc1ccc2oc(C(=O)N/N=C/c3cc(Cl)c(OCc4cccc5ccccc45)c(Br)c3)cc2c1. The molecule has 1 N–H and O–H groups in total. The van der Waals surface area contributed by atoms with Crippen molar-refractivity contribution < 1.29 is 18.7 Å². The highest BCUT2D eigenvalue weighted by Crippen LogP contribution is 2.35. The topological polar surface area (TPSA) is 73.1 Å². The normalized spacial score (nSPS) is 11.3. The molecule has 0 fully saturated rings. The van der Waals surface area contributed by atoms with Gasteiger partial charge in [-0.15, -0.1) is 0 Å². The summed E-state index contributed by atoms with van der Waals surface area (Å²) < 4.78 is 17.8. The van der Waals surface area contributed by atoms with Crippen LogP contribution in [0.2, 0.25) is 5.02 Å². The van der Waals surface area contributed by atoms with E-state index in [0.717, 1.165) is 21.7 Å². The van der Waals surface area contributed by atoms with Gasteiger partial charge in [0, 0.05) is 5.39 Å². The molecule has 1 heterocycles. The molecule has 6 nitrogen and oxygen atoms in total. The standard InChI is InChI=1S/C29H22BrClN2O4/c1-2-35-22-10-11-26-21(14-22)15-27(37-26)29(34)33-32-16-18-12-24(30)28(25(31)13-18)36-17-20-8-5-7-19-6-3-4-9-23(19)20/h3-16H,2,17H2,1H3,(H,33,34)/b32-16+. The summed E-state index contributed by atoms with van der Waals surface area (Å²) in [6.07, 6.45) is 1.50. The molecule has 0 aliphatic carbocycles. The third-order valence-corrected chi connectivity index (χ3v) is 6.54. The lowest BCUT2D eigenvalue weighted by atomic mass is 10.1. The molecule has 0 saturated heterocycles. The van der Waals surface area contributed by atoms with Crippen molar-refractivity contribution in [2.24, 2.45) is 5.10 Å². The lowest BCUT2D eigenvalue weighted by Crippen LogP contribution is -2.16. The first kappa shape index (κ1) is 24.9. The molecule has 0 atom stereocenters. The van der Waals surface area contributed by atoms with Gasteiger partial charge in [-0.3, -0.25) is 4.79 Å². The fourth-order valence-corrected chi connectivity index (χ4v) is 4.96. The summed E-state index contributed by atoms with van der Waals surface area (Å²) in [5.74, 6) is 0.931. The van der Waals surface area contributed by atoms with Crippen LogP contribution in [0.3, 0.4) is 0 Å². The Morgan fingerprint density at radius 1 is 1.03 bits per heavy atom. The minimum Gasteiger partial charge on any atom is -0.494 e. The van der Waals surface area contributed by atoms with Crippen molar-refractivity contribution in [3.05, 3.63) is 105 Å². The van der Waals surface area contributed by atoms with Crippen LogP contribution in [0.1, 0.15) is 28.6 Å². The second-order valence-electron chi connectivity index (χ2n) is 8.18.